The van der Waals surface area contributed by atoms with E-state index in [0.717, 1.165) is 31.4 Å². The van der Waals surface area contributed by atoms with Crippen molar-refractivity contribution in [3.63, 3.8) is 0 Å². The van der Waals surface area contributed by atoms with Gasteiger partial charge in [-0.3, -0.25) is 0 Å². The first-order chi connectivity index (χ1) is 10.2. The molecule has 0 saturated carbocycles. The van der Waals surface area contributed by atoms with Crippen molar-refractivity contribution in [2.75, 3.05) is 23.3 Å². The van der Waals surface area contributed by atoms with Crippen LogP contribution in [0.2, 0.25) is 0 Å². The average Bonchev–Trinajstić information content (AvgIpc) is 2.52. The molecule has 0 aliphatic rings. The molecule has 0 bridgehead atoms. The van der Waals surface area contributed by atoms with Crippen LogP contribution in [0.1, 0.15) is 26.3 Å². The van der Waals surface area contributed by atoms with Gasteiger partial charge in [-0.2, -0.15) is 4.98 Å². The zero-order chi connectivity index (χ0) is 15.1. The Morgan fingerprint density at radius 1 is 1.14 bits per heavy atom. The number of benzene rings is 1. The minimum Gasteiger partial charge on any atom is -0.370 e. The van der Waals surface area contributed by atoms with E-state index in [0.29, 0.717) is 5.92 Å². The molecular weight excluding hydrogens is 260 g/mol. The summed E-state index contributed by atoms with van der Waals surface area (Å²) in [5, 5.41) is 3.35. The van der Waals surface area contributed by atoms with Crippen LogP contribution in [0, 0.1) is 5.92 Å². The monoisotopic (exact) mass is 284 g/mol. The van der Waals surface area contributed by atoms with E-state index in [1.807, 2.05) is 18.3 Å². The van der Waals surface area contributed by atoms with Gasteiger partial charge in [-0.15, -0.1) is 0 Å². The van der Waals surface area contributed by atoms with Gasteiger partial charge in [-0.05, 0) is 24.5 Å². The van der Waals surface area contributed by atoms with E-state index in [4.69, 9.17) is 0 Å². The molecular formula is C17H24N4. The highest BCUT2D eigenvalue weighted by atomic mass is 15.3. The Bertz CT molecular complexity index is 539. The number of aromatic nitrogens is 2. The SMILES string of the molecule is CCN(Cc1ccccc1)c1nccc(NCC(C)C)n1. The van der Waals surface area contributed by atoms with Gasteiger partial charge in [0.25, 0.3) is 0 Å². The molecule has 1 N–H and O–H groups in total. The van der Waals surface area contributed by atoms with E-state index >= 15 is 0 Å². The fourth-order valence-corrected chi connectivity index (χ4v) is 2.04. The predicted molar refractivity (Wildman–Crippen MR) is 88.5 cm³/mol. The van der Waals surface area contributed by atoms with Gasteiger partial charge in [-0.1, -0.05) is 44.2 Å². The summed E-state index contributed by atoms with van der Waals surface area (Å²) in [6, 6.07) is 12.3. The van der Waals surface area contributed by atoms with E-state index < -0.39 is 0 Å². The summed E-state index contributed by atoms with van der Waals surface area (Å²) >= 11 is 0. The smallest absolute Gasteiger partial charge is 0.227 e. The van der Waals surface area contributed by atoms with Gasteiger partial charge in [0.15, 0.2) is 0 Å². The first-order valence-electron chi connectivity index (χ1n) is 7.54. The molecule has 2 aromatic rings. The van der Waals surface area contributed by atoms with E-state index in [2.05, 4.69) is 65.2 Å². The van der Waals surface area contributed by atoms with Crippen molar-refractivity contribution in [1.29, 1.82) is 0 Å². The van der Waals surface area contributed by atoms with E-state index in [1.165, 1.54) is 5.56 Å². The highest BCUT2D eigenvalue weighted by molar-refractivity contribution is 5.41. The number of nitrogens with one attached hydrogen (secondary N) is 1. The summed E-state index contributed by atoms with van der Waals surface area (Å²) < 4.78 is 0. The Hall–Kier alpha value is -2.10. The summed E-state index contributed by atoms with van der Waals surface area (Å²) in [5.74, 6) is 2.25. The second kappa shape index (κ2) is 7.62. The van der Waals surface area contributed by atoms with Crippen LogP contribution in [0.25, 0.3) is 0 Å². The largest absolute Gasteiger partial charge is 0.370 e. The normalized spacial score (nSPS) is 10.7. The molecule has 0 atom stereocenters. The van der Waals surface area contributed by atoms with Gasteiger partial charge in [0.1, 0.15) is 5.82 Å². The van der Waals surface area contributed by atoms with Crippen molar-refractivity contribution < 1.29 is 0 Å². The third kappa shape index (κ3) is 4.74. The summed E-state index contributed by atoms with van der Waals surface area (Å²) in [7, 11) is 0. The van der Waals surface area contributed by atoms with Gasteiger partial charge in [0.2, 0.25) is 5.95 Å². The molecule has 2 rings (SSSR count). The third-order valence-corrected chi connectivity index (χ3v) is 3.22. The molecule has 0 aliphatic carbocycles. The lowest BCUT2D eigenvalue weighted by Crippen LogP contribution is -2.24. The Morgan fingerprint density at radius 3 is 2.57 bits per heavy atom. The molecule has 0 amide bonds. The lowest BCUT2D eigenvalue weighted by Gasteiger charge is -2.21. The molecule has 0 fully saturated rings. The van der Waals surface area contributed by atoms with Crippen LogP contribution in [0.15, 0.2) is 42.6 Å². The highest BCUT2D eigenvalue weighted by Crippen LogP contribution is 2.14. The topological polar surface area (TPSA) is 41.1 Å². The molecule has 0 spiro atoms. The standard InChI is InChI=1S/C17H24N4/c1-4-21(13-15-8-6-5-7-9-15)17-18-11-10-16(20-17)19-12-14(2)3/h5-11,14H,4,12-13H2,1-3H3,(H,18,19,20). The zero-order valence-corrected chi connectivity index (χ0v) is 13.1. The van der Waals surface area contributed by atoms with Crippen molar-refractivity contribution in [3.05, 3.63) is 48.2 Å². The molecule has 1 aromatic carbocycles. The fourth-order valence-electron chi connectivity index (χ4n) is 2.04. The minimum atomic E-state index is 0.593. The van der Waals surface area contributed by atoms with Crippen molar-refractivity contribution in [1.82, 2.24) is 9.97 Å². The van der Waals surface area contributed by atoms with Gasteiger partial charge in [0.05, 0.1) is 0 Å². The lowest BCUT2D eigenvalue weighted by molar-refractivity contribution is 0.686. The third-order valence-electron chi connectivity index (χ3n) is 3.22. The molecule has 0 radical (unpaired) electrons. The zero-order valence-electron chi connectivity index (χ0n) is 13.1. The van der Waals surface area contributed by atoms with Gasteiger partial charge < -0.3 is 10.2 Å². The molecule has 1 heterocycles. The number of nitrogens with zero attached hydrogens (tertiary/aromatic N) is 3. The maximum absolute atomic E-state index is 4.62. The van der Waals surface area contributed by atoms with Crippen molar-refractivity contribution in [3.8, 4) is 0 Å². The maximum Gasteiger partial charge on any atom is 0.227 e. The minimum absolute atomic E-state index is 0.593. The van der Waals surface area contributed by atoms with Crippen molar-refractivity contribution in [2.24, 2.45) is 5.92 Å². The molecule has 0 saturated heterocycles. The lowest BCUT2D eigenvalue weighted by atomic mass is 10.2. The van der Waals surface area contributed by atoms with Crippen LogP contribution in [0.5, 0.6) is 0 Å². The highest BCUT2D eigenvalue weighted by Gasteiger charge is 2.09. The van der Waals surface area contributed by atoms with Gasteiger partial charge in [0, 0.05) is 25.8 Å². The van der Waals surface area contributed by atoms with Crippen molar-refractivity contribution >= 4 is 11.8 Å². The molecule has 4 nitrogen and oxygen atoms in total. The quantitative estimate of drug-likeness (QED) is 0.844. The number of hydrogen-bond donors (Lipinski definition) is 1. The van der Waals surface area contributed by atoms with Gasteiger partial charge >= 0.3 is 0 Å². The van der Waals surface area contributed by atoms with E-state index in [-0.39, 0.29) is 0 Å². The summed E-state index contributed by atoms with van der Waals surface area (Å²) in [4.78, 5) is 11.2. The van der Waals surface area contributed by atoms with Crippen LogP contribution in [0.3, 0.4) is 0 Å². The Morgan fingerprint density at radius 2 is 1.90 bits per heavy atom. The van der Waals surface area contributed by atoms with Crippen LogP contribution in [-0.4, -0.2) is 23.1 Å². The summed E-state index contributed by atoms with van der Waals surface area (Å²) in [6.45, 7) is 9.11. The fraction of sp³-hybridized carbons (Fsp3) is 0.412. The molecule has 0 aliphatic heterocycles. The summed E-state index contributed by atoms with van der Waals surface area (Å²) in [5.41, 5.74) is 1.27. The first kappa shape index (κ1) is 15.3. The molecule has 1 aromatic heterocycles. The van der Waals surface area contributed by atoms with Crippen molar-refractivity contribution in [2.45, 2.75) is 27.3 Å². The Kier molecular flexibility index (Phi) is 5.55. The second-order valence-corrected chi connectivity index (χ2v) is 5.52. The molecule has 4 heteroatoms. The van der Waals surface area contributed by atoms with Crippen LogP contribution < -0.4 is 10.2 Å². The predicted octanol–water partition coefficient (Wildman–Crippen LogP) is 3.57. The van der Waals surface area contributed by atoms with Gasteiger partial charge in [-0.25, -0.2) is 4.98 Å². The Balaban J connectivity index is 2.09. The summed E-state index contributed by atoms with van der Waals surface area (Å²) in [6.07, 6.45) is 1.82. The molecule has 112 valence electrons. The van der Waals surface area contributed by atoms with Crippen LogP contribution in [-0.2, 0) is 6.54 Å². The van der Waals surface area contributed by atoms with Crippen LogP contribution in [0.4, 0.5) is 11.8 Å². The first-order valence-corrected chi connectivity index (χ1v) is 7.54. The number of rotatable bonds is 7. The second-order valence-electron chi connectivity index (χ2n) is 5.52. The maximum atomic E-state index is 4.62. The van der Waals surface area contributed by atoms with E-state index in [9.17, 15) is 0 Å². The molecule has 0 unspecified atom stereocenters. The Labute approximate surface area is 127 Å². The van der Waals surface area contributed by atoms with E-state index in [1.54, 1.807) is 0 Å². The van der Waals surface area contributed by atoms with Crippen LogP contribution >= 0.6 is 0 Å². The molecule has 21 heavy (non-hydrogen) atoms. The number of hydrogen-bond acceptors (Lipinski definition) is 4. The average molecular weight is 284 g/mol. The number of anilines is 2.